The van der Waals surface area contributed by atoms with E-state index in [9.17, 15) is 4.79 Å². The zero-order valence-electron chi connectivity index (χ0n) is 16.9. The minimum atomic E-state index is -0.294. The van der Waals surface area contributed by atoms with Crippen LogP contribution >= 0.6 is 11.6 Å². The van der Waals surface area contributed by atoms with E-state index in [1.807, 2.05) is 13.0 Å². The van der Waals surface area contributed by atoms with Gasteiger partial charge in [0, 0.05) is 29.5 Å². The molecule has 0 aliphatic carbocycles. The van der Waals surface area contributed by atoms with Crippen molar-refractivity contribution in [2.75, 3.05) is 26.6 Å². The molecule has 0 bridgehead atoms. The Hall–Kier alpha value is -3.33. The van der Waals surface area contributed by atoms with Gasteiger partial charge in [0.15, 0.2) is 22.5 Å². The second-order valence-corrected chi connectivity index (χ2v) is 7.12. The van der Waals surface area contributed by atoms with E-state index in [1.54, 1.807) is 44.2 Å². The van der Waals surface area contributed by atoms with E-state index in [4.69, 9.17) is 25.8 Å². The summed E-state index contributed by atoms with van der Waals surface area (Å²) >= 11 is 5.85. The molecule has 3 heterocycles. The van der Waals surface area contributed by atoms with Gasteiger partial charge in [-0.1, -0.05) is 11.6 Å². The first kappa shape index (κ1) is 20.0. The molecule has 1 N–H and O–H groups in total. The summed E-state index contributed by atoms with van der Waals surface area (Å²) in [5.74, 6) is 2.24. The molecular weight excluding hydrogens is 410 g/mol. The Morgan fingerprint density at radius 3 is 2.40 bits per heavy atom. The fraction of sp³-hybridized carbons (Fsp3) is 0.300. The van der Waals surface area contributed by atoms with Crippen LogP contribution in [0.25, 0.3) is 5.82 Å². The number of aryl methyl sites for hydroxylation is 1. The number of rotatable bonds is 5. The van der Waals surface area contributed by atoms with Gasteiger partial charge in [-0.15, -0.1) is 10.2 Å². The van der Waals surface area contributed by atoms with Gasteiger partial charge in [-0.3, -0.25) is 4.79 Å². The monoisotopic (exact) mass is 429 g/mol. The van der Waals surface area contributed by atoms with Crippen LogP contribution < -0.4 is 19.5 Å². The third-order valence-corrected chi connectivity index (χ3v) is 5.25. The number of nitrogens with one attached hydrogen (secondary N) is 1. The Labute approximate surface area is 177 Å². The van der Waals surface area contributed by atoms with Gasteiger partial charge in [-0.2, -0.15) is 9.78 Å². The van der Waals surface area contributed by atoms with E-state index >= 15 is 0 Å². The number of methoxy groups -OCH3 is 3. The molecule has 2 aromatic heterocycles. The van der Waals surface area contributed by atoms with Crippen LogP contribution in [-0.2, 0) is 4.79 Å². The molecule has 3 aromatic rings. The minimum absolute atomic E-state index is 0.146. The first-order valence-corrected chi connectivity index (χ1v) is 9.53. The number of carbonyl (C=O) groups excluding carboxylic acids is 1. The summed E-state index contributed by atoms with van der Waals surface area (Å²) in [4.78, 5) is 12.6. The summed E-state index contributed by atoms with van der Waals surface area (Å²) < 4.78 is 18.0. The lowest BCUT2D eigenvalue weighted by Gasteiger charge is -2.26. The molecule has 1 amide bonds. The quantitative estimate of drug-likeness (QED) is 0.664. The smallest absolute Gasteiger partial charge is 0.226 e. The van der Waals surface area contributed by atoms with Crippen molar-refractivity contribution < 1.29 is 19.0 Å². The predicted molar refractivity (Wildman–Crippen MR) is 110 cm³/mol. The topological polar surface area (TPSA) is 100 Å². The minimum Gasteiger partial charge on any atom is -0.496 e. The SMILES string of the molecule is COc1cc(OC)c([C@@H]2CC(=O)Nc3c2c(C)nn3-c2ccc(Cl)nn2)cc1OC. The van der Waals surface area contributed by atoms with Gasteiger partial charge >= 0.3 is 0 Å². The summed E-state index contributed by atoms with van der Waals surface area (Å²) in [6.45, 7) is 1.89. The van der Waals surface area contributed by atoms with E-state index in [-0.39, 0.29) is 23.4 Å². The number of hydrogen-bond donors (Lipinski definition) is 1. The number of fused-ring (bicyclic) bond motifs is 1. The van der Waals surface area contributed by atoms with E-state index in [1.165, 1.54) is 0 Å². The molecule has 0 saturated carbocycles. The Kier molecular flexibility index (Phi) is 5.21. The first-order chi connectivity index (χ1) is 14.5. The van der Waals surface area contributed by atoms with Crippen LogP contribution in [0.2, 0.25) is 5.15 Å². The lowest BCUT2D eigenvalue weighted by atomic mass is 9.85. The van der Waals surface area contributed by atoms with Gasteiger partial charge in [0.2, 0.25) is 5.91 Å². The second-order valence-electron chi connectivity index (χ2n) is 6.73. The Morgan fingerprint density at radius 2 is 1.77 bits per heavy atom. The Bertz CT molecular complexity index is 1110. The Morgan fingerprint density at radius 1 is 1.07 bits per heavy atom. The number of anilines is 1. The second kappa shape index (κ2) is 7.83. The zero-order valence-corrected chi connectivity index (χ0v) is 17.6. The van der Waals surface area contributed by atoms with Crippen molar-refractivity contribution >= 4 is 23.3 Å². The number of benzene rings is 1. The average molecular weight is 430 g/mol. The molecule has 156 valence electrons. The van der Waals surface area contributed by atoms with Crippen molar-refractivity contribution in [3.05, 3.63) is 46.2 Å². The summed E-state index contributed by atoms with van der Waals surface area (Å²) in [5, 5.41) is 15.7. The van der Waals surface area contributed by atoms with Crippen molar-refractivity contribution in [2.24, 2.45) is 0 Å². The van der Waals surface area contributed by atoms with Gasteiger partial charge < -0.3 is 19.5 Å². The van der Waals surface area contributed by atoms with Crippen LogP contribution in [-0.4, -0.2) is 47.2 Å². The lowest BCUT2D eigenvalue weighted by molar-refractivity contribution is -0.116. The third kappa shape index (κ3) is 3.30. The number of hydrogen-bond acceptors (Lipinski definition) is 7. The summed E-state index contributed by atoms with van der Waals surface area (Å²) in [6.07, 6.45) is 0.234. The average Bonchev–Trinajstić information content (AvgIpc) is 3.08. The van der Waals surface area contributed by atoms with Crippen LogP contribution in [0.15, 0.2) is 24.3 Å². The highest BCUT2D eigenvalue weighted by molar-refractivity contribution is 6.29. The summed E-state index contributed by atoms with van der Waals surface area (Å²) in [7, 11) is 4.70. The molecule has 10 heteroatoms. The molecule has 1 aromatic carbocycles. The number of amides is 1. The lowest BCUT2D eigenvalue weighted by Crippen LogP contribution is -2.25. The molecule has 0 fully saturated rings. The largest absolute Gasteiger partial charge is 0.496 e. The van der Waals surface area contributed by atoms with Crippen LogP contribution in [0.3, 0.4) is 0 Å². The third-order valence-electron chi connectivity index (χ3n) is 5.05. The normalized spacial score (nSPS) is 15.4. The molecule has 0 spiro atoms. The number of carbonyl (C=O) groups is 1. The molecule has 1 aliphatic heterocycles. The van der Waals surface area contributed by atoms with Gasteiger partial charge in [0.25, 0.3) is 0 Å². The fourth-order valence-electron chi connectivity index (χ4n) is 3.73. The first-order valence-electron chi connectivity index (χ1n) is 9.15. The van der Waals surface area contributed by atoms with Crippen LogP contribution in [0, 0.1) is 6.92 Å². The number of ether oxygens (including phenoxy) is 3. The Balaban J connectivity index is 1.90. The van der Waals surface area contributed by atoms with Crippen LogP contribution in [0.5, 0.6) is 17.2 Å². The highest BCUT2D eigenvalue weighted by Crippen LogP contribution is 2.46. The number of halogens is 1. The number of nitrogens with zero attached hydrogens (tertiary/aromatic N) is 4. The molecule has 9 nitrogen and oxygen atoms in total. The van der Waals surface area contributed by atoms with Gasteiger partial charge in [0.05, 0.1) is 27.0 Å². The van der Waals surface area contributed by atoms with E-state index < -0.39 is 0 Å². The van der Waals surface area contributed by atoms with E-state index in [0.717, 1.165) is 16.8 Å². The zero-order chi connectivity index (χ0) is 21.4. The van der Waals surface area contributed by atoms with E-state index in [2.05, 4.69) is 20.6 Å². The van der Waals surface area contributed by atoms with Crippen LogP contribution in [0.1, 0.15) is 29.2 Å². The van der Waals surface area contributed by atoms with E-state index in [0.29, 0.717) is 28.9 Å². The maximum Gasteiger partial charge on any atom is 0.226 e. The molecule has 4 rings (SSSR count). The molecule has 0 unspecified atom stereocenters. The number of aromatic nitrogens is 4. The summed E-state index contributed by atoms with van der Waals surface area (Å²) in [5.41, 5.74) is 2.43. The van der Waals surface area contributed by atoms with Crippen molar-refractivity contribution in [3.63, 3.8) is 0 Å². The molecule has 30 heavy (non-hydrogen) atoms. The highest BCUT2D eigenvalue weighted by Gasteiger charge is 2.35. The molecule has 0 radical (unpaired) electrons. The van der Waals surface area contributed by atoms with Crippen molar-refractivity contribution in [1.82, 2.24) is 20.0 Å². The van der Waals surface area contributed by atoms with Crippen molar-refractivity contribution in [3.8, 4) is 23.1 Å². The van der Waals surface area contributed by atoms with Gasteiger partial charge in [-0.25, -0.2) is 0 Å². The molecule has 1 atom stereocenters. The summed E-state index contributed by atoms with van der Waals surface area (Å²) in [6, 6.07) is 6.90. The van der Waals surface area contributed by atoms with Gasteiger partial charge in [0.1, 0.15) is 11.6 Å². The molecule has 0 saturated heterocycles. The highest BCUT2D eigenvalue weighted by atomic mass is 35.5. The fourth-order valence-corrected chi connectivity index (χ4v) is 3.83. The maximum atomic E-state index is 12.6. The standard InChI is InChI=1S/C20H20ClN5O4/c1-10-19-12(11-7-14(29-3)15(30-4)9-13(11)28-2)8-18(27)22-20(19)26(25-10)17-6-5-16(21)23-24-17/h5-7,9,12H,8H2,1-4H3,(H,22,27)/t12-/m0/s1. The molecular formula is C20H20ClN5O4. The van der Waals surface area contributed by atoms with Crippen LogP contribution in [0.4, 0.5) is 5.82 Å². The maximum absolute atomic E-state index is 12.6. The molecule has 1 aliphatic rings. The van der Waals surface area contributed by atoms with Gasteiger partial charge in [-0.05, 0) is 25.1 Å². The van der Waals surface area contributed by atoms with Crippen molar-refractivity contribution in [2.45, 2.75) is 19.3 Å². The van der Waals surface area contributed by atoms with Crippen molar-refractivity contribution in [1.29, 1.82) is 0 Å². The predicted octanol–water partition coefficient (Wildman–Crippen LogP) is 3.12.